The first-order valence-electron chi connectivity index (χ1n) is 8.14. The van der Waals surface area contributed by atoms with Gasteiger partial charge in [0.1, 0.15) is 5.82 Å². The molecule has 1 fully saturated rings. The molecular formula is C17H22N4O2S. The number of carbonyl (C=O) groups is 1. The molecule has 7 heteroatoms. The molecular weight excluding hydrogens is 324 g/mol. The van der Waals surface area contributed by atoms with Crippen LogP contribution in [0.1, 0.15) is 24.2 Å². The summed E-state index contributed by atoms with van der Waals surface area (Å²) in [4.78, 5) is 12.0. The molecule has 1 saturated heterocycles. The molecule has 1 aromatic carbocycles. The molecule has 1 aliphatic rings. The van der Waals surface area contributed by atoms with Gasteiger partial charge in [0.15, 0.2) is 5.16 Å². The van der Waals surface area contributed by atoms with E-state index in [1.807, 2.05) is 29.7 Å². The molecule has 0 unspecified atom stereocenters. The van der Waals surface area contributed by atoms with Gasteiger partial charge in [-0.25, -0.2) is 0 Å². The molecule has 1 N–H and O–H groups in total. The zero-order chi connectivity index (χ0) is 16.9. The zero-order valence-corrected chi connectivity index (χ0v) is 14.8. The Morgan fingerprint density at radius 3 is 2.96 bits per heavy atom. The molecule has 0 spiro atoms. The van der Waals surface area contributed by atoms with E-state index in [1.54, 1.807) is 0 Å². The lowest BCUT2D eigenvalue weighted by atomic mass is 10.2. The van der Waals surface area contributed by atoms with E-state index in [2.05, 4.69) is 28.5 Å². The van der Waals surface area contributed by atoms with Crippen molar-refractivity contribution in [2.24, 2.45) is 0 Å². The summed E-state index contributed by atoms with van der Waals surface area (Å²) >= 11 is 1.40. The van der Waals surface area contributed by atoms with Crippen molar-refractivity contribution < 1.29 is 9.53 Å². The van der Waals surface area contributed by atoms with Crippen molar-refractivity contribution in [3.8, 4) is 5.69 Å². The van der Waals surface area contributed by atoms with Gasteiger partial charge in [-0.15, -0.1) is 10.2 Å². The van der Waals surface area contributed by atoms with Crippen molar-refractivity contribution in [1.29, 1.82) is 0 Å². The summed E-state index contributed by atoms with van der Waals surface area (Å²) in [6, 6.07) is 8.08. The van der Waals surface area contributed by atoms with Crippen LogP contribution in [0.2, 0.25) is 0 Å². The van der Waals surface area contributed by atoms with Crippen LogP contribution in [0.5, 0.6) is 0 Å². The Bertz CT molecular complexity index is 710. The number of aryl methyl sites for hydroxylation is 2. The molecule has 1 amide bonds. The van der Waals surface area contributed by atoms with Crippen molar-refractivity contribution in [3.63, 3.8) is 0 Å². The number of carbonyl (C=O) groups excluding carboxylic acids is 1. The van der Waals surface area contributed by atoms with Crippen molar-refractivity contribution in [1.82, 2.24) is 20.1 Å². The number of amides is 1. The fourth-order valence-corrected chi connectivity index (χ4v) is 3.56. The van der Waals surface area contributed by atoms with Gasteiger partial charge < -0.3 is 10.1 Å². The predicted molar refractivity (Wildman–Crippen MR) is 93.5 cm³/mol. The van der Waals surface area contributed by atoms with Crippen LogP contribution in [-0.2, 0) is 9.53 Å². The number of hydrogen-bond donors (Lipinski definition) is 1. The smallest absolute Gasteiger partial charge is 0.230 e. The number of ether oxygens (including phenoxy) is 1. The minimum Gasteiger partial charge on any atom is -0.376 e. The Balaban J connectivity index is 1.61. The Kier molecular flexibility index (Phi) is 5.52. The first-order chi connectivity index (χ1) is 11.6. The molecule has 6 nitrogen and oxygen atoms in total. The highest BCUT2D eigenvalue weighted by Gasteiger charge is 2.17. The third-order valence-electron chi connectivity index (χ3n) is 4.03. The van der Waals surface area contributed by atoms with Crippen molar-refractivity contribution in [2.75, 3.05) is 18.9 Å². The van der Waals surface area contributed by atoms with Gasteiger partial charge in [0, 0.05) is 13.2 Å². The molecule has 2 heterocycles. The maximum Gasteiger partial charge on any atom is 0.230 e. The number of benzene rings is 1. The highest BCUT2D eigenvalue weighted by Crippen LogP contribution is 2.23. The van der Waals surface area contributed by atoms with Crippen LogP contribution in [0, 0.1) is 13.8 Å². The number of hydrogen-bond acceptors (Lipinski definition) is 5. The second-order valence-corrected chi connectivity index (χ2v) is 6.82. The third kappa shape index (κ3) is 3.96. The average molecular weight is 346 g/mol. The molecule has 0 saturated carbocycles. The van der Waals surface area contributed by atoms with Crippen LogP contribution in [0.3, 0.4) is 0 Å². The summed E-state index contributed by atoms with van der Waals surface area (Å²) in [5, 5.41) is 12.0. The molecule has 0 bridgehead atoms. The third-order valence-corrected chi connectivity index (χ3v) is 4.96. The molecule has 1 aliphatic heterocycles. The van der Waals surface area contributed by atoms with Gasteiger partial charge >= 0.3 is 0 Å². The molecule has 3 rings (SSSR count). The van der Waals surface area contributed by atoms with E-state index >= 15 is 0 Å². The fourth-order valence-electron chi connectivity index (χ4n) is 2.74. The van der Waals surface area contributed by atoms with E-state index in [0.717, 1.165) is 41.7 Å². The zero-order valence-electron chi connectivity index (χ0n) is 14.0. The van der Waals surface area contributed by atoms with Crippen LogP contribution in [0.25, 0.3) is 5.69 Å². The molecule has 0 radical (unpaired) electrons. The Hall–Kier alpha value is -1.86. The van der Waals surface area contributed by atoms with E-state index in [-0.39, 0.29) is 12.0 Å². The standard InChI is InChI=1S/C17H22N4O2S/c1-12-6-3-4-8-15(12)21-13(2)19-20-17(21)24-11-16(22)18-10-14-7-5-9-23-14/h3-4,6,8,14H,5,7,9-11H2,1-2H3,(H,18,22)/t14-/m1/s1. The number of aromatic nitrogens is 3. The first kappa shape index (κ1) is 17.0. The minimum atomic E-state index is -0.00696. The molecule has 1 atom stereocenters. The lowest BCUT2D eigenvalue weighted by Crippen LogP contribution is -2.32. The van der Waals surface area contributed by atoms with Crippen molar-refractivity contribution >= 4 is 17.7 Å². The monoisotopic (exact) mass is 346 g/mol. The second kappa shape index (κ2) is 7.81. The van der Waals surface area contributed by atoms with Gasteiger partial charge in [-0.05, 0) is 38.3 Å². The molecule has 128 valence electrons. The number of rotatable bonds is 6. The van der Waals surface area contributed by atoms with Crippen LogP contribution in [0.4, 0.5) is 0 Å². The number of thioether (sulfide) groups is 1. The maximum atomic E-state index is 12.0. The van der Waals surface area contributed by atoms with Gasteiger partial charge in [-0.3, -0.25) is 9.36 Å². The van der Waals surface area contributed by atoms with Gasteiger partial charge in [0.2, 0.25) is 5.91 Å². The summed E-state index contributed by atoms with van der Waals surface area (Å²) in [5.41, 5.74) is 2.19. The Morgan fingerprint density at radius 2 is 2.21 bits per heavy atom. The summed E-state index contributed by atoms with van der Waals surface area (Å²) in [6.07, 6.45) is 2.26. The van der Waals surface area contributed by atoms with E-state index in [4.69, 9.17) is 4.74 Å². The van der Waals surface area contributed by atoms with E-state index in [9.17, 15) is 4.79 Å². The molecule has 1 aromatic heterocycles. The van der Waals surface area contributed by atoms with Crippen LogP contribution in [0.15, 0.2) is 29.4 Å². The van der Waals surface area contributed by atoms with Gasteiger partial charge in [0.05, 0.1) is 17.5 Å². The summed E-state index contributed by atoms with van der Waals surface area (Å²) in [6.45, 7) is 5.36. The van der Waals surface area contributed by atoms with Crippen LogP contribution >= 0.6 is 11.8 Å². The highest BCUT2D eigenvalue weighted by molar-refractivity contribution is 7.99. The van der Waals surface area contributed by atoms with E-state index in [1.165, 1.54) is 11.8 Å². The van der Waals surface area contributed by atoms with E-state index in [0.29, 0.717) is 12.3 Å². The number of nitrogens with zero attached hydrogens (tertiary/aromatic N) is 3. The maximum absolute atomic E-state index is 12.0. The quantitative estimate of drug-likeness (QED) is 0.813. The largest absolute Gasteiger partial charge is 0.376 e. The first-order valence-corrected chi connectivity index (χ1v) is 9.13. The lowest BCUT2D eigenvalue weighted by Gasteiger charge is -2.12. The van der Waals surface area contributed by atoms with Gasteiger partial charge in [-0.2, -0.15) is 0 Å². The van der Waals surface area contributed by atoms with Gasteiger partial charge in [0.25, 0.3) is 0 Å². The summed E-state index contributed by atoms with van der Waals surface area (Å²) in [5.74, 6) is 1.12. The van der Waals surface area contributed by atoms with Crippen molar-refractivity contribution in [2.45, 2.75) is 37.9 Å². The molecule has 24 heavy (non-hydrogen) atoms. The summed E-state index contributed by atoms with van der Waals surface area (Å²) < 4.78 is 7.51. The van der Waals surface area contributed by atoms with E-state index < -0.39 is 0 Å². The number of para-hydroxylation sites is 1. The lowest BCUT2D eigenvalue weighted by molar-refractivity contribution is -0.119. The predicted octanol–water partition coefficient (Wildman–Crippen LogP) is 2.27. The van der Waals surface area contributed by atoms with Crippen LogP contribution in [-0.4, -0.2) is 45.7 Å². The normalized spacial score (nSPS) is 17.2. The Labute approximate surface area is 146 Å². The van der Waals surface area contributed by atoms with Crippen LogP contribution < -0.4 is 5.32 Å². The fraction of sp³-hybridized carbons (Fsp3) is 0.471. The SMILES string of the molecule is Cc1ccccc1-n1c(C)nnc1SCC(=O)NC[C@H]1CCCO1. The second-order valence-electron chi connectivity index (χ2n) is 5.88. The average Bonchev–Trinajstić information content (AvgIpc) is 3.21. The molecule has 2 aromatic rings. The van der Waals surface area contributed by atoms with Crippen molar-refractivity contribution in [3.05, 3.63) is 35.7 Å². The highest BCUT2D eigenvalue weighted by atomic mass is 32.2. The molecule has 0 aliphatic carbocycles. The number of nitrogens with one attached hydrogen (secondary N) is 1. The van der Waals surface area contributed by atoms with Gasteiger partial charge in [-0.1, -0.05) is 30.0 Å². The minimum absolute atomic E-state index is 0.00696. The Morgan fingerprint density at radius 1 is 1.38 bits per heavy atom. The topological polar surface area (TPSA) is 69.0 Å². The summed E-state index contributed by atoms with van der Waals surface area (Å²) in [7, 11) is 0.